The standard InChI is InChI=1S/C10H9BrF3NO2/c11-7-3-1-6(2-4-7)9(17)15-5-8(16)10(12,13)14/h1-4,8,16H,5H2,(H,15,17). The highest BCUT2D eigenvalue weighted by molar-refractivity contribution is 9.10. The molecule has 0 saturated carbocycles. The van der Waals surface area contributed by atoms with Crippen molar-refractivity contribution >= 4 is 21.8 Å². The van der Waals surface area contributed by atoms with Crippen molar-refractivity contribution in [3.63, 3.8) is 0 Å². The van der Waals surface area contributed by atoms with Gasteiger partial charge < -0.3 is 10.4 Å². The van der Waals surface area contributed by atoms with Gasteiger partial charge in [0.05, 0.1) is 6.54 Å². The average Bonchev–Trinajstić information content (AvgIpc) is 2.25. The van der Waals surface area contributed by atoms with E-state index in [1.165, 1.54) is 12.1 Å². The molecule has 2 N–H and O–H groups in total. The van der Waals surface area contributed by atoms with Crippen LogP contribution in [0.2, 0.25) is 0 Å². The van der Waals surface area contributed by atoms with E-state index in [4.69, 9.17) is 5.11 Å². The molecule has 1 rings (SSSR count). The van der Waals surface area contributed by atoms with E-state index in [2.05, 4.69) is 15.9 Å². The van der Waals surface area contributed by atoms with E-state index in [-0.39, 0.29) is 5.56 Å². The molecule has 1 aromatic carbocycles. The van der Waals surface area contributed by atoms with Crippen molar-refractivity contribution in [2.24, 2.45) is 0 Å². The Hall–Kier alpha value is -1.08. The van der Waals surface area contributed by atoms with Gasteiger partial charge in [-0.05, 0) is 24.3 Å². The molecule has 0 heterocycles. The lowest BCUT2D eigenvalue weighted by atomic mass is 10.2. The molecule has 94 valence electrons. The minimum absolute atomic E-state index is 0.225. The van der Waals surface area contributed by atoms with Gasteiger partial charge in [0.25, 0.3) is 5.91 Å². The molecule has 0 spiro atoms. The maximum atomic E-state index is 11.9. The second-order valence-corrected chi connectivity index (χ2v) is 4.19. The van der Waals surface area contributed by atoms with E-state index >= 15 is 0 Å². The highest BCUT2D eigenvalue weighted by Gasteiger charge is 2.38. The topological polar surface area (TPSA) is 49.3 Å². The number of amides is 1. The monoisotopic (exact) mass is 311 g/mol. The van der Waals surface area contributed by atoms with Crippen LogP contribution < -0.4 is 5.32 Å². The molecule has 1 atom stereocenters. The molecule has 1 aromatic rings. The number of nitrogens with one attached hydrogen (secondary N) is 1. The number of aliphatic hydroxyl groups excluding tert-OH is 1. The highest BCUT2D eigenvalue weighted by atomic mass is 79.9. The summed E-state index contributed by atoms with van der Waals surface area (Å²) in [6.45, 7) is -0.863. The molecule has 0 saturated heterocycles. The average molecular weight is 312 g/mol. The molecule has 17 heavy (non-hydrogen) atoms. The van der Waals surface area contributed by atoms with Crippen molar-refractivity contribution < 1.29 is 23.1 Å². The van der Waals surface area contributed by atoms with E-state index in [1.54, 1.807) is 12.1 Å². The summed E-state index contributed by atoms with van der Waals surface area (Å²) in [7, 11) is 0. The summed E-state index contributed by atoms with van der Waals surface area (Å²) in [6.07, 6.45) is -7.28. The van der Waals surface area contributed by atoms with Gasteiger partial charge in [0.15, 0.2) is 6.10 Å². The van der Waals surface area contributed by atoms with Crippen LogP contribution >= 0.6 is 15.9 Å². The second kappa shape index (κ2) is 5.50. The molecule has 1 amide bonds. The Bertz CT molecular complexity index is 392. The Morgan fingerprint density at radius 3 is 2.35 bits per heavy atom. The van der Waals surface area contributed by atoms with Gasteiger partial charge in [-0.1, -0.05) is 15.9 Å². The van der Waals surface area contributed by atoms with Crippen molar-refractivity contribution in [1.82, 2.24) is 5.32 Å². The van der Waals surface area contributed by atoms with Crippen molar-refractivity contribution in [2.75, 3.05) is 6.54 Å². The zero-order chi connectivity index (χ0) is 13.1. The van der Waals surface area contributed by atoms with Crippen LogP contribution in [0.3, 0.4) is 0 Å². The first-order valence-electron chi connectivity index (χ1n) is 4.59. The SMILES string of the molecule is O=C(NCC(O)C(F)(F)F)c1ccc(Br)cc1. The summed E-state index contributed by atoms with van der Waals surface area (Å²) in [5, 5.41) is 10.7. The number of alkyl halides is 3. The molecule has 1 unspecified atom stereocenters. The van der Waals surface area contributed by atoms with Crippen LogP contribution in [0.25, 0.3) is 0 Å². The Kier molecular flexibility index (Phi) is 4.53. The minimum Gasteiger partial charge on any atom is -0.382 e. The zero-order valence-corrected chi connectivity index (χ0v) is 10.0. The fraction of sp³-hybridized carbons (Fsp3) is 0.300. The van der Waals surface area contributed by atoms with Crippen LogP contribution in [-0.2, 0) is 0 Å². The van der Waals surface area contributed by atoms with E-state index in [1.807, 2.05) is 5.32 Å². The lowest BCUT2D eigenvalue weighted by Crippen LogP contribution is -2.40. The summed E-state index contributed by atoms with van der Waals surface area (Å²) < 4.78 is 36.6. The second-order valence-electron chi connectivity index (χ2n) is 3.27. The van der Waals surface area contributed by atoms with Gasteiger partial charge in [0.1, 0.15) is 0 Å². The number of carbonyl (C=O) groups is 1. The zero-order valence-electron chi connectivity index (χ0n) is 8.46. The van der Waals surface area contributed by atoms with Crippen molar-refractivity contribution in [3.8, 4) is 0 Å². The molecule has 0 aromatic heterocycles. The number of rotatable bonds is 3. The van der Waals surface area contributed by atoms with Gasteiger partial charge >= 0.3 is 6.18 Å². The Morgan fingerprint density at radius 2 is 1.88 bits per heavy atom. The molecule has 0 radical (unpaired) electrons. The van der Waals surface area contributed by atoms with Crippen LogP contribution in [0, 0.1) is 0 Å². The summed E-state index contributed by atoms with van der Waals surface area (Å²) in [4.78, 5) is 11.4. The number of carbonyl (C=O) groups excluding carboxylic acids is 1. The van der Waals surface area contributed by atoms with Crippen LogP contribution in [0.4, 0.5) is 13.2 Å². The van der Waals surface area contributed by atoms with E-state index in [0.717, 1.165) is 4.47 Å². The number of benzene rings is 1. The predicted molar refractivity (Wildman–Crippen MR) is 58.5 cm³/mol. The molecule has 0 fully saturated rings. The quantitative estimate of drug-likeness (QED) is 0.898. The van der Waals surface area contributed by atoms with Crippen LogP contribution in [0.5, 0.6) is 0 Å². The number of hydrogen-bond donors (Lipinski definition) is 2. The third-order valence-electron chi connectivity index (χ3n) is 1.94. The van der Waals surface area contributed by atoms with E-state index < -0.39 is 24.7 Å². The van der Waals surface area contributed by atoms with Gasteiger partial charge in [-0.15, -0.1) is 0 Å². The van der Waals surface area contributed by atoms with Gasteiger partial charge in [0.2, 0.25) is 0 Å². The predicted octanol–water partition coefficient (Wildman–Crippen LogP) is 2.10. The first-order valence-corrected chi connectivity index (χ1v) is 5.38. The smallest absolute Gasteiger partial charge is 0.382 e. The maximum Gasteiger partial charge on any atom is 0.416 e. The lowest BCUT2D eigenvalue weighted by molar-refractivity contribution is -0.201. The van der Waals surface area contributed by atoms with Crippen molar-refractivity contribution in [1.29, 1.82) is 0 Å². The lowest BCUT2D eigenvalue weighted by Gasteiger charge is -2.14. The highest BCUT2D eigenvalue weighted by Crippen LogP contribution is 2.19. The Morgan fingerprint density at radius 1 is 1.35 bits per heavy atom. The Labute approximate surface area is 104 Å². The van der Waals surface area contributed by atoms with E-state index in [0.29, 0.717) is 0 Å². The fourth-order valence-corrected chi connectivity index (χ4v) is 1.27. The normalized spacial score (nSPS) is 13.2. The molecule has 0 aliphatic heterocycles. The molecule has 0 aliphatic carbocycles. The molecule has 0 bridgehead atoms. The third kappa shape index (κ3) is 4.35. The van der Waals surface area contributed by atoms with Crippen LogP contribution in [0.1, 0.15) is 10.4 Å². The number of halogens is 4. The minimum atomic E-state index is -4.73. The fourth-order valence-electron chi connectivity index (χ4n) is 1.01. The molecular weight excluding hydrogens is 303 g/mol. The van der Waals surface area contributed by atoms with Crippen LogP contribution in [0.15, 0.2) is 28.7 Å². The molecule has 3 nitrogen and oxygen atoms in total. The van der Waals surface area contributed by atoms with E-state index in [9.17, 15) is 18.0 Å². The van der Waals surface area contributed by atoms with Crippen molar-refractivity contribution in [3.05, 3.63) is 34.3 Å². The maximum absolute atomic E-state index is 11.9. The third-order valence-corrected chi connectivity index (χ3v) is 2.47. The Balaban J connectivity index is 2.53. The molecule has 7 heteroatoms. The summed E-state index contributed by atoms with van der Waals surface area (Å²) in [5.74, 6) is -0.666. The summed E-state index contributed by atoms with van der Waals surface area (Å²) >= 11 is 3.16. The summed E-state index contributed by atoms with van der Waals surface area (Å²) in [6, 6.07) is 6.10. The molecular formula is C10H9BrF3NO2. The molecule has 0 aliphatic rings. The largest absolute Gasteiger partial charge is 0.416 e. The van der Waals surface area contributed by atoms with Gasteiger partial charge in [0, 0.05) is 10.0 Å². The van der Waals surface area contributed by atoms with Gasteiger partial charge in [-0.25, -0.2) is 0 Å². The van der Waals surface area contributed by atoms with Gasteiger partial charge in [-0.2, -0.15) is 13.2 Å². The number of hydrogen-bond acceptors (Lipinski definition) is 2. The van der Waals surface area contributed by atoms with Crippen LogP contribution in [-0.4, -0.2) is 29.8 Å². The first-order chi connectivity index (χ1) is 7.80. The summed E-state index contributed by atoms with van der Waals surface area (Å²) in [5.41, 5.74) is 0.225. The first kappa shape index (κ1) is 14.0. The van der Waals surface area contributed by atoms with Gasteiger partial charge in [-0.3, -0.25) is 4.79 Å². The van der Waals surface area contributed by atoms with Crippen molar-refractivity contribution in [2.45, 2.75) is 12.3 Å². The number of aliphatic hydroxyl groups is 1.